The molecule has 0 amide bonds. The first-order chi connectivity index (χ1) is 18.1. The standard InChI is InChI=1S/C31H39FN6/c1-9-30(6)31(10-2,17-13-19-37-18-12-11-14-25(37)29-33-23(5)34-36(29)8)27-24(32)16-15-21(3)26(27)28-22(4)20-35(7)38(28)30/h11-18,20H,9-10,19H2,1-8H3/q+2. The zero-order valence-electron chi connectivity index (χ0n) is 23.9. The van der Waals surface area contributed by atoms with Crippen molar-refractivity contribution in [2.45, 2.75) is 71.9 Å². The Balaban J connectivity index is 1.70. The van der Waals surface area contributed by atoms with E-state index in [0.717, 1.165) is 52.6 Å². The topological polar surface area (TPSA) is 43.4 Å². The first-order valence-electron chi connectivity index (χ1n) is 13.5. The summed E-state index contributed by atoms with van der Waals surface area (Å²) in [4.78, 5) is 4.64. The number of pyridine rings is 1. The lowest BCUT2D eigenvalue weighted by Crippen LogP contribution is -2.60. The summed E-state index contributed by atoms with van der Waals surface area (Å²) in [5.41, 5.74) is 5.32. The minimum Gasteiger partial charge on any atom is -0.244 e. The van der Waals surface area contributed by atoms with Gasteiger partial charge in [-0.15, -0.1) is 9.36 Å². The molecule has 4 aromatic rings. The second-order valence-corrected chi connectivity index (χ2v) is 10.9. The summed E-state index contributed by atoms with van der Waals surface area (Å²) in [5.74, 6) is 1.44. The third kappa shape index (κ3) is 3.58. The molecule has 4 heterocycles. The molecule has 0 bridgehead atoms. The number of rotatable bonds is 6. The van der Waals surface area contributed by atoms with E-state index in [9.17, 15) is 0 Å². The summed E-state index contributed by atoms with van der Waals surface area (Å²) < 4.78 is 24.7. The van der Waals surface area contributed by atoms with Crippen molar-refractivity contribution >= 4 is 0 Å². The van der Waals surface area contributed by atoms with Crippen molar-refractivity contribution in [3.05, 3.63) is 83.2 Å². The lowest BCUT2D eigenvalue weighted by atomic mass is 9.59. The average Bonchev–Trinajstić information content (AvgIpc) is 3.39. The molecule has 0 saturated heterocycles. The normalized spacial score (nSPS) is 20.7. The molecule has 2 atom stereocenters. The van der Waals surface area contributed by atoms with Crippen LogP contribution in [0.15, 0.2) is 54.9 Å². The number of nitrogens with zero attached hydrogens (tertiary/aromatic N) is 6. The van der Waals surface area contributed by atoms with E-state index < -0.39 is 5.41 Å². The lowest BCUT2D eigenvalue weighted by molar-refractivity contribution is -0.761. The van der Waals surface area contributed by atoms with Crippen molar-refractivity contribution in [2.75, 3.05) is 0 Å². The number of fused-ring (bicyclic) bond motifs is 3. The Morgan fingerprint density at radius 3 is 2.47 bits per heavy atom. The van der Waals surface area contributed by atoms with E-state index in [1.807, 2.05) is 36.9 Å². The van der Waals surface area contributed by atoms with Crippen LogP contribution in [-0.4, -0.2) is 19.4 Å². The number of aromatic nitrogens is 6. The summed E-state index contributed by atoms with van der Waals surface area (Å²) in [6.07, 6.45) is 10.3. The van der Waals surface area contributed by atoms with Crippen LogP contribution in [0.4, 0.5) is 4.39 Å². The SMILES string of the molecule is CCC1(C=CC[n+]2ccccc2-c2nc(C)nn2C)c2c(F)ccc(C)c2-c2c(C)c[n+](C)n2C1(C)CC. The summed E-state index contributed by atoms with van der Waals surface area (Å²) in [6, 6.07) is 9.68. The average molecular weight is 515 g/mol. The van der Waals surface area contributed by atoms with Crippen molar-refractivity contribution < 1.29 is 13.6 Å². The van der Waals surface area contributed by atoms with E-state index in [1.165, 1.54) is 5.56 Å². The van der Waals surface area contributed by atoms with Gasteiger partial charge in [0.1, 0.15) is 22.9 Å². The van der Waals surface area contributed by atoms with Gasteiger partial charge in [-0.25, -0.2) is 14.1 Å². The van der Waals surface area contributed by atoms with Gasteiger partial charge in [0.15, 0.2) is 26.0 Å². The predicted molar refractivity (Wildman–Crippen MR) is 147 cm³/mol. The van der Waals surface area contributed by atoms with Crippen LogP contribution in [0.1, 0.15) is 56.1 Å². The van der Waals surface area contributed by atoms with E-state index in [0.29, 0.717) is 6.54 Å². The first kappa shape index (κ1) is 26.0. The molecule has 2 unspecified atom stereocenters. The van der Waals surface area contributed by atoms with Crippen molar-refractivity contribution in [1.82, 2.24) is 19.4 Å². The zero-order valence-corrected chi connectivity index (χ0v) is 23.9. The van der Waals surface area contributed by atoms with Gasteiger partial charge in [-0.3, -0.25) is 0 Å². The van der Waals surface area contributed by atoms with E-state index in [4.69, 9.17) is 0 Å². The van der Waals surface area contributed by atoms with Crippen LogP contribution in [0, 0.1) is 26.6 Å². The molecule has 6 nitrogen and oxygen atoms in total. The van der Waals surface area contributed by atoms with Gasteiger partial charge in [-0.1, -0.05) is 26.0 Å². The van der Waals surface area contributed by atoms with E-state index >= 15 is 4.39 Å². The van der Waals surface area contributed by atoms with Gasteiger partial charge >= 0.3 is 0 Å². The fraction of sp³-hybridized carbons (Fsp3) is 0.419. The molecule has 5 rings (SSSR count). The monoisotopic (exact) mass is 514 g/mol. The molecule has 1 aromatic carbocycles. The van der Waals surface area contributed by atoms with Gasteiger partial charge in [0.2, 0.25) is 11.5 Å². The second-order valence-electron chi connectivity index (χ2n) is 10.9. The van der Waals surface area contributed by atoms with Crippen LogP contribution in [0.3, 0.4) is 0 Å². The Labute approximate surface area is 225 Å². The number of benzene rings is 1. The number of halogens is 1. The quantitative estimate of drug-likeness (QED) is 0.263. The highest BCUT2D eigenvalue weighted by Crippen LogP contribution is 2.56. The molecule has 7 heteroatoms. The Kier molecular flexibility index (Phi) is 6.36. The molecule has 0 aliphatic carbocycles. The molecule has 1 aliphatic heterocycles. The van der Waals surface area contributed by atoms with Gasteiger partial charge in [-0.05, 0) is 64.3 Å². The second kappa shape index (κ2) is 9.29. The Morgan fingerprint density at radius 1 is 1.05 bits per heavy atom. The highest BCUT2D eigenvalue weighted by atomic mass is 19.1. The third-order valence-electron chi connectivity index (χ3n) is 8.74. The first-order valence-corrected chi connectivity index (χ1v) is 13.5. The number of allylic oxidation sites excluding steroid dienone is 2. The third-order valence-corrected chi connectivity index (χ3v) is 8.74. The largest absolute Gasteiger partial charge is 0.250 e. The van der Waals surface area contributed by atoms with Crippen LogP contribution in [0.5, 0.6) is 0 Å². The molecule has 198 valence electrons. The van der Waals surface area contributed by atoms with Gasteiger partial charge in [-0.2, -0.15) is 9.67 Å². The Bertz CT molecular complexity index is 1560. The van der Waals surface area contributed by atoms with Crippen LogP contribution in [0.25, 0.3) is 22.8 Å². The maximum atomic E-state index is 16.1. The summed E-state index contributed by atoms with van der Waals surface area (Å²) in [5, 5.41) is 4.44. The summed E-state index contributed by atoms with van der Waals surface area (Å²) in [7, 11) is 4.02. The molecule has 0 radical (unpaired) electrons. The molecule has 0 saturated carbocycles. The van der Waals surface area contributed by atoms with Gasteiger partial charge in [0.25, 0.3) is 0 Å². The van der Waals surface area contributed by atoms with Crippen molar-refractivity contribution in [2.24, 2.45) is 14.1 Å². The molecule has 1 aliphatic rings. The Morgan fingerprint density at radius 2 is 1.82 bits per heavy atom. The van der Waals surface area contributed by atoms with Gasteiger partial charge in [0.05, 0.1) is 0 Å². The summed E-state index contributed by atoms with van der Waals surface area (Å²) in [6.45, 7) is 13.5. The van der Waals surface area contributed by atoms with Crippen molar-refractivity contribution in [3.8, 4) is 22.8 Å². The highest BCUT2D eigenvalue weighted by Gasteiger charge is 2.57. The molecule has 38 heavy (non-hydrogen) atoms. The van der Waals surface area contributed by atoms with Crippen LogP contribution < -0.4 is 9.25 Å². The fourth-order valence-electron chi connectivity index (χ4n) is 6.85. The zero-order chi connectivity index (χ0) is 27.4. The van der Waals surface area contributed by atoms with Crippen LogP contribution in [0.2, 0.25) is 0 Å². The van der Waals surface area contributed by atoms with Gasteiger partial charge in [0, 0.05) is 41.3 Å². The molecular formula is C31H39FN6+2. The van der Waals surface area contributed by atoms with Gasteiger partial charge < -0.3 is 0 Å². The van der Waals surface area contributed by atoms with E-state index in [1.54, 1.807) is 6.07 Å². The Hall–Kier alpha value is -3.61. The maximum Gasteiger partial charge on any atom is 0.250 e. The maximum absolute atomic E-state index is 16.1. The van der Waals surface area contributed by atoms with Crippen LogP contribution >= 0.6 is 0 Å². The summed E-state index contributed by atoms with van der Waals surface area (Å²) >= 11 is 0. The van der Waals surface area contributed by atoms with Crippen LogP contribution in [-0.2, 0) is 31.6 Å². The smallest absolute Gasteiger partial charge is 0.244 e. The van der Waals surface area contributed by atoms with Crippen molar-refractivity contribution in [3.63, 3.8) is 0 Å². The van der Waals surface area contributed by atoms with E-state index in [-0.39, 0.29) is 11.4 Å². The molecule has 0 spiro atoms. The fourth-order valence-corrected chi connectivity index (χ4v) is 6.85. The molecule has 3 aromatic heterocycles. The minimum atomic E-state index is -0.541. The minimum absolute atomic E-state index is 0.131. The van der Waals surface area contributed by atoms with Crippen molar-refractivity contribution in [1.29, 1.82) is 0 Å². The number of hydrogen-bond donors (Lipinski definition) is 0. The molecule has 0 fully saturated rings. The predicted octanol–water partition coefficient (Wildman–Crippen LogP) is 5.17. The highest BCUT2D eigenvalue weighted by molar-refractivity contribution is 5.75. The van der Waals surface area contributed by atoms with E-state index in [2.05, 4.69) is 96.3 Å². The lowest BCUT2D eigenvalue weighted by Gasteiger charge is -2.50. The molecule has 0 N–H and O–H groups in total. The number of hydrogen-bond acceptors (Lipinski definition) is 2. The molecular weight excluding hydrogens is 475 g/mol. The number of aryl methyl sites for hydroxylation is 5.